The molecular formula is C41H49N5O4. The maximum Gasteiger partial charge on any atom is 0.253 e. The molecule has 6 rings (SSSR count). The van der Waals surface area contributed by atoms with Gasteiger partial charge in [0.2, 0.25) is 0 Å². The van der Waals surface area contributed by atoms with Crippen LogP contribution >= 0.6 is 0 Å². The lowest BCUT2D eigenvalue weighted by Gasteiger charge is -2.33. The first-order valence-electron chi connectivity index (χ1n) is 18.2. The number of ether oxygens (including phenoxy) is 2. The third-order valence-electron chi connectivity index (χ3n) is 10.5. The Morgan fingerprint density at radius 1 is 0.680 bits per heavy atom. The lowest BCUT2D eigenvalue weighted by molar-refractivity contribution is 0.0909. The van der Waals surface area contributed by atoms with E-state index in [1.165, 1.54) is 37.7 Å². The normalized spacial score (nSPS) is 19.2. The quantitative estimate of drug-likeness (QED) is 0.149. The summed E-state index contributed by atoms with van der Waals surface area (Å²) in [6.45, 7) is 4.89. The molecule has 2 saturated carbocycles. The summed E-state index contributed by atoms with van der Waals surface area (Å²) in [5.74, 6) is 2.82. The molecule has 1 aromatic carbocycles. The van der Waals surface area contributed by atoms with Gasteiger partial charge in [0, 0.05) is 36.9 Å². The van der Waals surface area contributed by atoms with Crippen LogP contribution in [0.5, 0.6) is 11.5 Å². The Labute approximate surface area is 295 Å². The molecule has 3 heterocycles. The number of amides is 2. The Balaban J connectivity index is 0.925. The number of rotatable bonds is 13. The predicted octanol–water partition coefficient (Wildman–Crippen LogP) is 7.82. The molecule has 2 N–H and O–H groups in total. The highest BCUT2D eigenvalue weighted by Crippen LogP contribution is 2.38. The second-order valence-electron chi connectivity index (χ2n) is 13.9. The Hall–Kier alpha value is -4.79. The fourth-order valence-electron chi connectivity index (χ4n) is 7.30. The minimum atomic E-state index is -0.102. The second-order valence-corrected chi connectivity index (χ2v) is 13.9. The SMILES string of the molecule is C[C@H](NC(=O)c1ccc(COc2cccc(C3CCC([C@@H](C)NC(=O)c4ccc(COc5ccncc5)nc4)CC3)c2)nc1)C1CCCCC1. The number of carbonyl (C=O) groups excluding carboxylic acids is 2. The molecule has 0 aliphatic heterocycles. The maximum atomic E-state index is 13.0. The van der Waals surface area contributed by atoms with Crippen LogP contribution in [0.4, 0.5) is 0 Å². The van der Waals surface area contributed by atoms with Crippen LogP contribution in [0.3, 0.4) is 0 Å². The number of nitrogens with zero attached hydrogens (tertiary/aromatic N) is 3. The van der Waals surface area contributed by atoms with Crippen LogP contribution in [-0.2, 0) is 13.2 Å². The van der Waals surface area contributed by atoms with E-state index in [0.717, 1.165) is 48.6 Å². The van der Waals surface area contributed by atoms with E-state index in [2.05, 4.69) is 57.6 Å². The lowest BCUT2D eigenvalue weighted by atomic mass is 9.76. The van der Waals surface area contributed by atoms with Crippen molar-refractivity contribution >= 4 is 11.8 Å². The molecule has 0 spiro atoms. The molecule has 0 saturated heterocycles. The number of hydrogen-bond donors (Lipinski definition) is 2. The summed E-state index contributed by atoms with van der Waals surface area (Å²) in [6.07, 6.45) is 17.0. The lowest BCUT2D eigenvalue weighted by Crippen LogP contribution is -2.39. The zero-order valence-electron chi connectivity index (χ0n) is 29.2. The smallest absolute Gasteiger partial charge is 0.253 e. The van der Waals surface area contributed by atoms with Gasteiger partial charge in [0.1, 0.15) is 24.7 Å². The predicted molar refractivity (Wildman–Crippen MR) is 193 cm³/mol. The average molecular weight is 676 g/mol. The molecule has 2 aliphatic rings. The van der Waals surface area contributed by atoms with Gasteiger partial charge < -0.3 is 20.1 Å². The number of carbonyl (C=O) groups is 2. The molecule has 0 radical (unpaired) electrons. The van der Waals surface area contributed by atoms with Gasteiger partial charge in [0.25, 0.3) is 11.8 Å². The van der Waals surface area contributed by atoms with Crippen LogP contribution < -0.4 is 20.1 Å². The summed E-state index contributed by atoms with van der Waals surface area (Å²) in [5.41, 5.74) is 3.95. The van der Waals surface area contributed by atoms with E-state index in [9.17, 15) is 9.59 Å². The summed E-state index contributed by atoms with van der Waals surface area (Å²) in [7, 11) is 0. The molecule has 2 fully saturated rings. The Morgan fingerprint density at radius 3 is 1.80 bits per heavy atom. The molecular weight excluding hydrogens is 626 g/mol. The average Bonchev–Trinajstić information content (AvgIpc) is 3.17. The second kappa shape index (κ2) is 17.2. The molecule has 2 atom stereocenters. The Bertz CT molecular complexity index is 1670. The first-order valence-corrected chi connectivity index (χ1v) is 18.2. The topological polar surface area (TPSA) is 115 Å². The van der Waals surface area contributed by atoms with E-state index in [-0.39, 0.29) is 23.9 Å². The van der Waals surface area contributed by atoms with Crippen molar-refractivity contribution in [2.75, 3.05) is 0 Å². The zero-order valence-corrected chi connectivity index (χ0v) is 29.2. The molecule has 3 aromatic heterocycles. The zero-order chi connectivity index (χ0) is 34.7. The number of hydrogen-bond acceptors (Lipinski definition) is 7. The Kier molecular flexibility index (Phi) is 12.1. The molecule has 9 nitrogen and oxygen atoms in total. The highest BCUT2D eigenvalue weighted by Gasteiger charge is 2.27. The number of nitrogens with one attached hydrogen (secondary N) is 2. The minimum Gasteiger partial charge on any atom is -0.487 e. The number of benzene rings is 1. The summed E-state index contributed by atoms with van der Waals surface area (Å²) < 4.78 is 11.9. The van der Waals surface area contributed by atoms with E-state index in [1.807, 2.05) is 24.3 Å². The van der Waals surface area contributed by atoms with Crippen molar-refractivity contribution in [1.82, 2.24) is 25.6 Å². The van der Waals surface area contributed by atoms with Gasteiger partial charge >= 0.3 is 0 Å². The largest absolute Gasteiger partial charge is 0.487 e. The van der Waals surface area contributed by atoms with Crippen LogP contribution in [0, 0.1) is 11.8 Å². The highest BCUT2D eigenvalue weighted by atomic mass is 16.5. The monoisotopic (exact) mass is 675 g/mol. The van der Waals surface area contributed by atoms with Gasteiger partial charge in [-0.2, -0.15) is 0 Å². The van der Waals surface area contributed by atoms with Crippen molar-refractivity contribution in [3.05, 3.63) is 114 Å². The van der Waals surface area contributed by atoms with Gasteiger partial charge in [-0.25, -0.2) is 0 Å². The molecule has 2 aliphatic carbocycles. The summed E-state index contributed by atoms with van der Waals surface area (Å²) in [6, 6.07) is 19.5. The first kappa shape index (κ1) is 35.1. The van der Waals surface area contributed by atoms with Gasteiger partial charge in [-0.3, -0.25) is 24.5 Å². The molecule has 262 valence electrons. The molecule has 9 heteroatoms. The molecule has 50 heavy (non-hydrogen) atoms. The van der Waals surface area contributed by atoms with E-state index >= 15 is 0 Å². The van der Waals surface area contributed by atoms with Crippen molar-refractivity contribution in [1.29, 1.82) is 0 Å². The van der Waals surface area contributed by atoms with Crippen LogP contribution in [0.2, 0.25) is 0 Å². The van der Waals surface area contributed by atoms with Crippen molar-refractivity contribution in [2.45, 2.75) is 103 Å². The molecule has 0 bridgehead atoms. The standard InChI is InChI=1S/C41H49N5O4/c1-28(30-7-4-3-5-8-30)45-40(47)34-16-18-37(44-25-34)27-50-39-10-6-9-33(23-39)32-13-11-31(12-14-32)29(2)46-41(48)35-15-17-36(43-24-35)26-49-38-19-21-42-22-20-38/h6,9-10,15-25,28-32H,3-5,7-8,11-14,26-27H2,1-2H3,(H,45,47)(H,46,48)/t28-,29+,31?,32?/m0/s1. The van der Waals surface area contributed by atoms with E-state index in [4.69, 9.17) is 9.47 Å². The molecule has 2 amide bonds. The van der Waals surface area contributed by atoms with Crippen molar-refractivity contribution in [3.8, 4) is 11.5 Å². The van der Waals surface area contributed by atoms with Crippen molar-refractivity contribution in [2.24, 2.45) is 11.8 Å². The van der Waals surface area contributed by atoms with E-state index in [1.54, 1.807) is 43.0 Å². The van der Waals surface area contributed by atoms with Crippen molar-refractivity contribution in [3.63, 3.8) is 0 Å². The van der Waals surface area contributed by atoms with Crippen molar-refractivity contribution < 1.29 is 19.1 Å². The van der Waals surface area contributed by atoms with E-state index < -0.39 is 0 Å². The summed E-state index contributed by atoms with van der Waals surface area (Å²) in [4.78, 5) is 38.7. The number of aromatic nitrogens is 3. The van der Waals surface area contributed by atoms with E-state index in [0.29, 0.717) is 42.1 Å². The van der Waals surface area contributed by atoms with Gasteiger partial charge in [0.15, 0.2) is 0 Å². The van der Waals surface area contributed by atoms with Gasteiger partial charge in [0.05, 0.1) is 22.5 Å². The molecule has 4 aromatic rings. The van der Waals surface area contributed by atoms with Crippen LogP contribution in [-0.4, -0.2) is 38.8 Å². The fourth-order valence-corrected chi connectivity index (χ4v) is 7.30. The van der Waals surface area contributed by atoms with Crippen LogP contribution in [0.15, 0.2) is 85.5 Å². The van der Waals surface area contributed by atoms with Crippen LogP contribution in [0.1, 0.15) is 115 Å². The minimum absolute atomic E-state index is 0.0611. The third kappa shape index (κ3) is 9.67. The highest BCUT2D eigenvalue weighted by molar-refractivity contribution is 5.94. The maximum absolute atomic E-state index is 13.0. The van der Waals surface area contributed by atoms with Gasteiger partial charge in [-0.05, 0) is 124 Å². The van der Waals surface area contributed by atoms with Gasteiger partial charge in [-0.15, -0.1) is 0 Å². The third-order valence-corrected chi connectivity index (χ3v) is 10.5. The first-order chi connectivity index (χ1) is 24.4. The van der Waals surface area contributed by atoms with Crippen LogP contribution in [0.25, 0.3) is 0 Å². The summed E-state index contributed by atoms with van der Waals surface area (Å²) >= 11 is 0. The fraction of sp³-hybridized carbons (Fsp3) is 0.439. The summed E-state index contributed by atoms with van der Waals surface area (Å²) in [5, 5.41) is 6.38. The number of pyridine rings is 3. The molecule has 0 unspecified atom stereocenters. The Morgan fingerprint density at radius 2 is 1.24 bits per heavy atom. The van der Waals surface area contributed by atoms with Gasteiger partial charge in [-0.1, -0.05) is 31.4 Å².